The minimum atomic E-state index is 0.259. The lowest BCUT2D eigenvalue weighted by atomic mass is 10.1. The van der Waals surface area contributed by atoms with Gasteiger partial charge in [-0.1, -0.05) is 23.8 Å². The van der Waals surface area contributed by atoms with Crippen molar-refractivity contribution in [3.8, 4) is 22.5 Å². The number of nitrogens with zero attached hydrogens (tertiary/aromatic N) is 6. The highest BCUT2D eigenvalue weighted by Gasteiger charge is 2.16. The van der Waals surface area contributed by atoms with Gasteiger partial charge in [0.05, 0.1) is 35.2 Å². The molecule has 37 heavy (non-hydrogen) atoms. The van der Waals surface area contributed by atoms with Gasteiger partial charge in [0.15, 0.2) is 0 Å². The van der Waals surface area contributed by atoms with Crippen LogP contribution in [0, 0.1) is 20.8 Å². The third kappa shape index (κ3) is 5.37. The lowest BCUT2D eigenvalue weighted by Crippen LogP contribution is -1.96. The number of hydrogen-bond donors (Lipinski definition) is 1. The summed E-state index contributed by atoms with van der Waals surface area (Å²) in [6.07, 6.45) is 3.37. The van der Waals surface area contributed by atoms with E-state index in [-0.39, 0.29) is 11.2 Å². The molecule has 0 atom stereocenters. The number of thiophene rings is 2. The van der Waals surface area contributed by atoms with Crippen LogP contribution in [0.3, 0.4) is 0 Å². The van der Waals surface area contributed by atoms with Gasteiger partial charge < -0.3 is 5.73 Å². The van der Waals surface area contributed by atoms with Crippen molar-refractivity contribution >= 4 is 92.5 Å². The number of nitrogen functional groups attached to an aromatic ring is 1. The van der Waals surface area contributed by atoms with E-state index < -0.39 is 0 Å². The standard InChI is InChI=1S/C13H8BrClN2S.C12H10BrN5S/c1-7-3-2-4-8(5-7)10-12-11(9(14)6-18-12)17-13(15)16-10;1-5-8(13)10-11(19-5)9(17-6(2)18-10)7-3-15-12(14)16-4-7/h2-6H,1H3;3-4H,1-2H3,(H2,14,15,16). The van der Waals surface area contributed by atoms with Gasteiger partial charge in [0, 0.05) is 33.8 Å². The minimum absolute atomic E-state index is 0.259. The summed E-state index contributed by atoms with van der Waals surface area (Å²) in [7, 11) is 0. The van der Waals surface area contributed by atoms with Gasteiger partial charge in [-0.2, -0.15) is 0 Å². The van der Waals surface area contributed by atoms with Crippen molar-refractivity contribution in [3.05, 3.63) is 72.5 Å². The number of nitrogens with two attached hydrogens (primary N) is 1. The van der Waals surface area contributed by atoms with Gasteiger partial charge in [0.1, 0.15) is 11.3 Å². The molecule has 2 N–H and O–H groups in total. The van der Waals surface area contributed by atoms with Crippen molar-refractivity contribution in [2.75, 3.05) is 5.73 Å². The first-order valence-corrected chi connectivity index (χ1v) is 14.6. The Morgan fingerprint density at radius 2 is 1.59 bits per heavy atom. The molecule has 7 nitrogen and oxygen atoms in total. The molecule has 12 heteroatoms. The van der Waals surface area contributed by atoms with Gasteiger partial charge in [-0.15, -0.1) is 22.7 Å². The van der Waals surface area contributed by atoms with Gasteiger partial charge in [-0.3, -0.25) is 0 Å². The fourth-order valence-electron chi connectivity index (χ4n) is 3.68. The Morgan fingerprint density at radius 1 is 0.865 bits per heavy atom. The average molecular weight is 676 g/mol. The maximum atomic E-state index is 6.00. The molecule has 0 bridgehead atoms. The highest BCUT2D eigenvalue weighted by molar-refractivity contribution is 9.11. The molecule has 0 aliphatic rings. The lowest BCUT2D eigenvalue weighted by molar-refractivity contribution is 1.09. The zero-order valence-corrected chi connectivity index (χ0v) is 25.3. The zero-order valence-electron chi connectivity index (χ0n) is 19.8. The quantitative estimate of drug-likeness (QED) is 0.185. The molecule has 5 heterocycles. The van der Waals surface area contributed by atoms with Crippen LogP contribution in [0.2, 0.25) is 5.28 Å². The minimum Gasteiger partial charge on any atom is -0.368 e. The topological polar surface area (TPSA) is 103 Å². The van der Waals surface area contributed by atoms with Crippen LogP contribution in [-0.4, -0.2) is 29.9 Å². The summed E-state index contributed by atoms with van der Waals surface area (Å²) < 4.78 is 4.07. The largest absolute Gasteiger partial charge is 0.368 e. The third-order valence-corrected chi connectivity index (χ3v) is 9.72. The molecule has 0 amide bonds. The molecule has 0 saturated carbocycles. The number of anilines is 1. The van der Waals surface area contributed by atoms with Crippen molar-refractivity contribution < 1.29 is 0 Å². The monoisotopic (exact) mass is 673 g/mol. The smallest absolute Gasteiger partial charge is 0.223 e. The van der Waals surface area contributed by atoms with Crippen molar-refractivity contribution in [3.63, 3.8) is 0 Å². The first-order chi connectivity index (χ1) is 17.7. The Kier molecular flexibility index (Phi) is 7.51. The molecular formula is C25H18Br2ClN7S2. The van der Waals surface area contributed by atoms with Crippen molar-refractivity contribution in [1.82, 2.24) is 29.9 Å². The Labute approximate surface area is 242 Å². The van der Waals surface area contributed by atoms with Crippen LogP contribution in [-0.2, 0) is 0 Å². The highest BCUT2D eigenvalue weighted by Crippen LogP contribution is 2.39. The number of aromatic nitrogens is 6. The van der Waals surface area contributed by atoms with Crippen molar-refractivity contribution in [2.45, 2.75) is 20.8 Å². The second kappa shape index (κ2) is 10.7. The normalized spacial score (nSPS) is 11.1. The number of rotatable bonds is 2. The van der Waals surface area contributed by atoms with E-state index in [2.05, 4.69) is 87.7 Å². The SMILES string of the molecule is Cc1cccc(-c2nc(Cl)nc3c(Br)csc23)c1.Cc1nc(-c2cnc(N)nc2)c2sc(C)c(Br)c2n1. The molecule has 0 spiro atoms. The van der Waals surface area contributed by atoms with Crippen LogP contribution in [0.5, 0.6) is 0 Å². The van der Waals surface area contributed by atoms with Crippen LogP contribution in [0.25, 0.3) is 42.9 Å². The van der Waals surface area contributed by atoms with E-state index in [0.717, 1.165) is 57.7 Å². The molecule has 6 rings (SSSR count). The third-order valence-electron chi connectivity index (χ3n) is 5.33. The summed E-state index contributed by atoms with van der Waals surface area (Å²) in [5.41, 5.74) is 12.2. The van der Waals surface area contributed by atoms with Crippen LogP contribution in [0.15, 0.2) is 51.0 Å². The highest BCUT2D eigenvalue weighted by atomic mass is 79.9. The maximum absolute atomic E-state index is 6.00. The fraction of sp³-hybridized carbons (Fsp3) is 0.120. The number of halogens is 3. The fourth-order valence-corrected chi connectivity index (χ4v) is 7.08. The summed E-state index contributed by atoms with van der Waals surface area (Å²) in [6.45, 7) is 5.99. The van der Waals surface area contributed by atoms with Gasteiger partial charge in [-0.25, -0.2) is 29.9 Å². The molecule has 0 radical (unpaired) electrons. The first-order valence-electron chi connectivity index (χ1n) is 10.9. The number of fused-ring (bicyclic) bond motifs is 2. The predicted molar refractivity (Wildman–Crippen MR) is 160 cm³/mol. The van der Waals surface area contributed by atoms with Crippen LogP contribution >= 0.6 is 66.1 Å². The molecule has 0 aliphatic carbocycles. The second-order valence-electron chi connectivity index (χ2n) is 8.07. The Bertz CT molecular complexity index is 1770. The van der Waals surface area contributed by atoms with E-state index in [4.69, 9.17) is 17.3 Å². The Balaban J connectivity index is 0.000000152. The maximum Gasteiger partial charge on any atom is 0.223 e. The van der Waals surface area contributed by atoms with E-state index in [9.17, 15) is 0 Å². The van der Waals surface area contributed by atoms with E-state index >= 15 is 0 Å². The molecule has 6 aromatic rings. The molecule has 0 aliphatic heterocycles. The molecule has 0 unspecified atom stereocenters. The predicted octanol–water partition coefficient (Wildman–Crippen LogP) is 8.19. The number of benzene rings is 1. The van der Waals surface area contributed by atoms with Gasteiger partial charge >= 0.3 is 0 Å². The molecule has 186 valence electrons. The molecular weight excluding hydrogens is 658 g/mol. The van der Waals surface area contributed by atoms with Gasteiger partial charge in [0.2, 0.25) is 11.2 Å². The van der Waals surface area contributed by atoms with Crippen LogP contribution in [0.1, 0.15) is 16.3 Å². The van der Waals surface area contributed by atoms with Gasteiger partial charge in [-0.05, 0) is 70.3 Å². The summed E-state index contributed by atoms with van der Waals surface area (Å²) in [4.78, 5) is 26.8. The van der Waals surface area contributed by atoms with E-state index in [1.54, 1.807) is 35.1 Å². The zero-order chi connectivity index (χ0) is 26.3. The first kappa shape index (κ1) is 26.1. The second-order valence-corrected chi connectivity index (χ2v) is 12.2. The molecule has 5 aromatic heterocycles. The summed E-state index contributed by atoms with van der Waals surface area (Å²) >= 11 is 16.3. The van der Waals surface area contributed by atoms with E-state index in [0.29, 0.717) is 0 Å². The number of aryl methyl sites for hydroxylation is 3. The summed E-state index contributed by atoms with van der Waals surface area (Å²) in [5, 5.41) is 2.28. The summed E-state index contributed by atoms with van der Waals surface area (Å²) in [5.74, 6) is 0.979. The van der Waals surface area contributed by atoms with Gasteiger partial charge in [0.25, 0.3) is 0 Å². The lowest BCUT2D eigenvalue weighted by Gasteiger charge is -2.04. The van der Waals surface area contributed by atoms with E-state index in [1.807, 2.05) is 24.4 Å². The molecule has 1 aromatic carbocycles. The average Bonchev–Trinajstić information content (AvgIpc) is 3.38. The molecule has 0 saturated heterocycles. The van der Waals surface area contributed by atoms with Crippen LogP contribution in [0.4, 0.5) is 5.95 Å². The Morgan fingerprint density at radius 3 is 2.32 bits per heavy atom. The Hall–Kier alpha value is -2.57. The van der Waals surface area contributed by atoms with Crippen molar-refractivity contribution in [1.29, 1.82) is 0 Å². The van der Waals surface area contributed by atoms with Crippen molar-refractivity contribution in [2.24, 2.45) is 0 Å². The molecule has 0 fully saturated rings. The van der Waals surface area contributed by atoms with E-state index in [1.165, 1.54) is 10.4 Å². The summed E-state index contributed by atoms with van der Waals surface area (Å²) in [6, 6.07) is 8.23. The van der Waals surface area contributed by atoms with Crippen LogP contribution < -0.4 is 5.73 Å². The number of hydrogen-bond acceptors (Lipinski definition) is 9.